The average molecular weight is 460 g/mol. The molecule has 0 fully saturated rings. The van der Waals surface area contributed by atoms with E-state index in [1.54, 1.807) is 26.0 Å². The van der Waals surface area contributed by atoms with E-state index < -0.39 is 0 Å². The molecule has 0 saturated carbocycles. The van der Waals surface area contributed by atoms with Crippen molar-refractivity contribution in [3.63, 3.8) is 0 Å². The van der Waals surface area contributed by atoms with Gasteiger partial charge in [0.1, 0.15) is 10.8 Å². The van der Waals surface area contributed by atoms with Gasteiger partial charge in [-0.05, 0) is 36.0 Å². The predicted molar refractivity (Wildman–Crippen MR) is 123 cm³/mol. The van der Waals surface area contributed by atoms with Gasteiger partial charge in [-0.25, -0.2) is 9.98 Å². The third-order valence-corrected chi connectivity index (χ3v) is 6.09. The van der Waals surface area contributed by atoms with Gasteiger partial charge in [-0.3, -0.25) is 0 Å². The Morgan fingerprint density at radius 3 is 2.77 bits per heavy atom. The van der Waals surface area contributed by atoms with Crippen molar-refractivity contribution in [2.24, 2.45) is 4.99 Å². The topological polar surface area (TPSA) is 65.4 Å². The van der Waals surface area contributed by atoms with Crippen molar-refractivity contribution in [1.29, 1.82) is 0 Å². The molecular formula is C22H22ClN3O4S. The minimum Gasteiger partial charge on any atom is -0.497 e. The van der Waals surface area contributed by atoms with Gasteiger partial charge in [0.05, 0.1) is 24.9 Å². The molecular weight excluding hydrogens is 438 g/mol. The Bertz CT molecular complexity index is 1140. The lowest BCUT2D eigenvalue weighted by molar-refractivity contribution is 0.174. The molecule has 2 aliphatic heterocycles. The smallest absolute Gasteiger partial charge is 0.231 e. The molecule has 0 saturated heterocycles. The summed E-state index contributed by atoms with van der Waals surface area (Å²) in [7, 11) is 3.37. The number of benzene rings is 2. The van der Waals surface area contributed by atoms with E-state index in [9.17, 15) is 0 Å². The Labute approximate surface area is 190 Å². The molecule has 162 valence electrons. The van der Waals surface area contributed by atoms with Crippen LogP contribution >= 0.6 is 24.2 Å². The van der Waals surface area contributed by atoms with E-state index in [0.29, 0.717) is 13.2 Å². The molecule has 5 rings (SSSR count). The first-order chi connectivity index (χ1) is 14.7. The molecule has 0 atom stereocenters. The van der Waals surface area contributed by atoms with Gasteiger partial charge in [-0.15, -0.1) is 12.4 Å². The van der Waals surface area contributed by atoms with Crippen molar-refractivity contribution in [3.8, 4) is 17.2 Å². The molecule has 3 heterocycles. The fourth-order valence-corrected chi connectivity index (χ4v) is 4.48. The van der Waals surface area contributed by atoms with Crippen LogP contribution in [0.1, 0.15) is 5.56 Å². The second kappa shape index (κ2) is 9.21. The van der Waals surface area contributed by atoms with Crippen LogP contribution in [-0.4, -0.2) is 49.2 Å². The van der Waals surface area contributed by atoms with Gasteiger partial charge >= 0.3 is 0 Å². The highest BCUT2D eigenvalue weighted by molar-refractivity contribution is 8.13. The number of pyridine rings is 1. The lowest BCUT2D eigenvalue weighted by atomic mass is 10.1. The van der Waals surface area contributed by atoms with E-state index >= 15 is 0 Å². The summed E-state index contributed by atoms with van der Waals surface area (Å²) >= 11 is 1.57. The Hall–Kier alpha value is -2.68. The van der Waals surface area contributed by atoms with Gasteiger partial charge < -0.3 is 23.8 Å². The quantitative estimate of drug-likeness (QED) is 0.550. The second-order valence-electron chi connectivity index (χ2n) is 6.96. The minimum absolute atomic E-state index is 0. The first kappa shape index (κ1) is 21.5. The largest absolute Gasteiger partial charge is 0.497 e. The molecule has 1 aromatic heterocycles. The van der Waals surface area contributed by atoms with Gasteiger partial charge in [0.2, 0.25) is 6.79 Å². The molecule has 0 spiro atoms. The Morgan fingerprint density at radius 1 is 1.13 bits per heavy atom. The van der Waals surface area contributed by atoms with Crippen molar-refractivity contribution in [3.05, 3.63) is 48.0 Å². The summed E-state index contributed by atoms with van der Waals surface area (Å²) < 4.78 is 21.7. The van der Waals surface area contributed by atoms with Crippen LogP contribution in [0.3, 0.4) is 0 Å². The first-order valence-corrected chi connectivity index (χ1v) is 10.4. The predicted octanol–water partition coefficient (Wildman–Crippen LogP) is 4.64. The van der Waals surface area contributed by atoms with Crippen LogP contribution in [0, 0.1) is 0 Å². The van der Waals surface area contributed by atoms with E-state index in [1.165, 1.54) is 0 Å². The van der Waals surface area contributed by atoms with Crippen LogP contribution in [0.15, 0.2) is 52.5 Å². The van der Waals surface area contributed by atoms with Crippen LogP contribution in [-0.2, 0) is 11.3 Å². The van der Waals surface area contributed by atoms with Crippen LogP contribution in [0.5, 0.6) is 17.2 Å². The van der Waals surface area contributed by atoms with Crippen LogP contribution < -0.4 is 14.2 Å². The third kappa shape index (κ3) is 4.37. The van der Waals surface area contributed by atoms with E-state index in [-0.39, 0.29) is 19.2 Å². The molecule has 0 radical (unpaired) electrons. The number of fused-ring (bicyclic) bond motifs is 3. The number of hydrogen-bond acceptors (Lipinski definition) is 7. The molecule has 0 unspecified atom stereocenters. The Kier molecular flexibility index (Phi) is 6.41. The fourth-order valence-electron chi connectivity index (χ4n) is 3.48. The molecule has 2 aliphatic rings. The molecule has 0 aliphatic carbocycles. The summed E-state index contributed by atoms with van der Waals surface area (Å²) in [6.07, 6.45) is 0. The number of methoxy groups -OCH3 is 2. The highest BCUT2D eigenvalue weighted by Crippen LogP contribution is 2.39. The first-order valence-electron chi connectivity index (χ1n) is 9.61. The number of hydrogen-bond donors (Lipinski definition) is 0. The Balaban J connectivity index is 0.00000231. The monoisotopic (exact) mass is 459 g/mol. The summed E-state index contributed by atoms with van der Waals surface area (Å²) in [6, 6.07) is 13.8. The van der Waals surface area contributed by atoms with Gasteiger partial charge in [0, 0.05) is 43.3 Å². The van der Waals surface area contributed by atoms with Crippen LogP contribution in [0.4, 0.5) is 5.69 Å². The highest BCUT2D eigenvalue weighted by Gasteiger charge is 2.25. The number of thioether (sulfide) groups is 1. The molecule has 0 N–H and O–H groups in total. The maximum absolute atomic E-state index is 5.52. The van der Waals surface area contributed by atoms with Gasteiger partial charge in [-0.1, -0.05) is 6.07 Å². The fraction of sp³-hybridized carbons (Fsp3) is 0.273. The number of aliphatic imine (C=N–C) groups is 1. The standard InChI is InChI=1S/C22H21N3O4S.ClH/c1-26-7-6-25-12-15-8-14-9-19-20(29-13-28-19)11-18(14)24-21(15)30-22(25)23-16-4-3-5-17(10-16)27-2;/h3-5,8-11H,6-7,12-13H2,1-2H3;1H. The SMILES string of the molecule is COCCN1Cc2cc3cc4c(cc3nc2SC1=Nc1cccc(OC)c1)OCO4.Cl. The Morgan fingerprint density at radius 2 is 1.97 bits per heavy atom. The number of rotatable bonds is 5. The molecule has 0 bridgehead atoms. The van der Waals surface area contributed by atoms with E-state index in [1.807, 2.05) is 36.4 Å². The van der Waals surface area contributed by atoms with Crippen molar-refractivity contribution in [2.45, 2.75) is 11.6 Å². The van der Waals surface area contributed by atoms with Gasteiger partial charge in [0.25, 0.3) is 0 Å². The summed E-state index contributed by atoms with van der Waals surface area (Å²) in [5.41, 5.74) is 2.88. The molecule has 3 aromatic rings. The normalized spacial score (nSPS) is 15.7. The highest BCUT2D eigenvalue weighted by atomic mass is 35.5. The van der Waals surface area contributed by atoms with Crippen molar-refractivity contribution in [2.75, 3.05) is 34.2 Å². The van der Waals surface area contributed by atoms with E-state index in [4.69, 9.17) is 28.9 Å². The molecule has 0 amide bonds. The third-order valence-electron chi connectivity index (χ3n) is 5.01. The average Bonchev–Trinajstić information content (AvgIpc) is 3.22. The number of halogens is 1. The molecule has 9 heteroatoms. The summed E-state index contributed by atoms with van der Waals surface area (Å²) in [5, 5.41) is 2.88. The lowest BCUT2D eigenvalue weighted by Gasteiger charge is -2.30. The van der Waals surface area contributed by atoms with Crippen molar-refractivity contribution in [1.82, 2.24) is 9.88 Å². The summed E-state index contributed by atoms with van der Waals surface area (Å²) in [4.78, 5) is 12.0. The lowest BCUT2D eigenvalue weighted by Crippen LogP contribution is -2.34. The van der Waals surface area contributed by atoms with Gasteiger partial charge in [-0.2, -0.15) is 0 Å². The van der Waals surface area contributed by atoms with Crippen molar-refractivity contribution >= 4 is 45.9 Å². The summed E-state index contributed by atoms with van der Waals surface area (Å²) in [6.45, 7) is 2.33. The molecule has 2 aromatic carbocycles. The van der Waals surface area contributed by atoms with Crippen LogP contribution in [0.2, 0.25) is 0 Å². The number of ether oxygens (including phenoxy) is 4. The zero-order chi connectivity index (χ0) is 20.5. The van der Waals surface area contributed by atoms with E-state index in [2.05, 4.69) is 11.0 Å². The minimum atomic E-state index is 0. The van der Waals surface area contributed by atoms with E-state index in [0.717, 1.165) is 56.1 Å². The van der Waals surface area contributed by atoms with Gasteiger partial charge in [0.15, 0.2) is 16.7 Å². The second-order valence-corrected chi connectivity index (χ2v) is 7.92. The molecule has 7 nitrogen and oxygen atoms in total. The maximum Gasteiger partial charge on any atom is 0.231 e. The van der Waals surface area contributed by atoms with Crippen molar-refractivity contribution < 1.29 is 18.9 Å². The zero-order valence-corrected chi connectivity index (χ0v) is 18.8. The number of nitrogens with zero attached hydrogens (tertiary/aromatic N) is 3. The maximum atomic E-state index is 5.52. The van der Waals surface area contributed by atoms with Crippen LogP contribution in [0.25, 0.3) is 10.9 Å². The molecule has 31 heavy (non-hydrogen) atoms. The number of amidine groups is 1. The summed E-state index contributed by atoms with van der Waals surface area (Å²) in [5.74, 6) is 2.29. The number of aromatic nitrogens is 1. The zero-order valence-electron chi connectivity index (χ0n) is 17.2.